The second kappa shape index (κ2) is 3.06. The quantitative estimate of drug-likeness (QED) is 0.701. The minimum absolute atomic E-state index is 0.157. The average Bonchev–Trinajstić information content (AvgIpc) is 2.42. The van der Waals surface area contributed by atoms with Gasteiger partial charge in [0.2, 0.25) is 0 Å². The van der Waals surface area contributed by atoms with Gasteiger partial charge in [0, 0.05) is 0 Å². The Bertz CT molecular complexity index is 528. The lowest BCUT2D eigenvalue weighted by Crippen LogP contribution is -1.89. The molecule has 0 saturated heterocycles. The van der Waals surface area contributed by atoms with Crippen LogP contribution in [0, 0.1) is 0 Å². The first kappa shape index (κ1) is 8.61. The summed E-state index contributed by atoms with van der Waals surface area (Å²) in [5.41, 5.74) is 0.698. The maximum Gasteiger partial charge on any atom is 0.305 e. The molecule has 0 spiro atoms. The van der Waals surface area contributed by atoms with Gasteiger partial charge in [-0.25, -0.2) is 4.21 Å². The molecular formula is C7H5NO3S2. The molecular weight excluding hydrogens is 210 g/mol. The second-order valence-electron chi connectivity index (χ2n) is 2.42. The van der Waals surface area contributed by atoms with E-state index in [2.05, 4.69) is 4.98 Å². The predicted molar refractivity (Wildman–Crippen MR) is 51.5 cm³/mol. The molecule has 0 radical (unpaired) electrons. The third-order valence-electron chi connectivity index (χ3n) is 1.59. The number of aromatic amines is 1. The van der Waals surface area contributed by atoms with E-state index in [1.807, 2.05) is 0 Å². The zero-order valence-corrected chi connectivity index (χ0v) is 7.95. The number of nitrogens with one attached hydrogen (secondary N) is 1. The minimum Gasteiger partial charge on any atom is -0.312 e. The highest BCUT2D eigenvalue weighted by Gasteiger charge is 2.03. The SMILES string of the molecule is O=c1[nH]c2ccc(S(=O)O)cc2s1. The van der Waals surface area contributed by atoms with Crippen molar-refractivity contribution < 1.29 is 8.76 Å². The van der Waals surface area contributed by atoms with E-state index >= 15 is 0 Å². The molecule has 6 heteroatoms. The Morgan fingerprint density at radius 3 is 2.92 bits per heavy atom. The van der Waals surface area contributed by atoms with E-state index in [0.717, 1.165) is 11.3 Å². The first-order valence-electron chi connectivity index (χ1n) is 3.40. The number of rotatable bonds is 1. The molecule has 1 atom stereocenters. The summed E-state index contributed by atoms with van der Waals surface area (Å²) < 4.78 is 20.2. The fourth-order valence-electron chi connectivity index (χ4n) is 1.03. The molecule has 0 fully saturated rings. The second-order valence-corrected chi connectivity index (χ2v) is 4.41. The molecule has 0 bridgehead atoms. The lowest BCUT2D eigenvalue weighted by Gasteiger charge is -1.92. The molecule has 4 nitrogen and oxygen atoms in total. The molecule has 2 N–H and O–H groups in total. The minimum atomic E-state index is -1.98. The lowest BCUT2D eigenvalue weighted by atomic mass is 10.3. The van der Waals surface area contributed by atoms with Crippen LogP contribution in [0.4, 0.5) is 0 Å². The van der Waals surface area contributed by atoms with Crippen LogP contribution >= 0.6 is 11.3 Å². The van der Waals surface area contributed by atoms with E-state index in [1.54, 1.807) is 6.07 Å². The zero-order valence-electron chi connectivity index (χ0n) is 6.31. The summed E-state index contributed by atoms with van der Waals surface area (Å²) in [6.07, 6.45) is 0. The standard InChI is InChI=1S/C7H5NO3S2/c9-7-8-5-2-1-4(13(10)11)3-6(5)12-7/h1-3H,(H,8,9)(H,10,11). The highest BCUT2D eigenvalue weighted by molar-refractivity contribution is 7.79. The predicted octanol–water partition coefficient (Wildman–Crippen LogP) is 1.17. The average molecular weight is 215 g/mol. The third kappa shape index (κ3) is 1.55. The summed E-state index contributed by atoms with van der Waals surface area (Å²) in [7, 11) is 0. The van der Waals surface area contributed by atoms with Crippen LogP contribution in [0.25, 0.3) is 10.2 Å². The number of hydrogen-bond acceptors (Lipinski definition) is 3. The van der Waals surface area contributed by atoms with Gasteiger partial charge >= 0.3 is 4.87 Å². The number of aromatic nitrogens is 1. The fourth-order valence-corrected chi connectivity index (χ4v) is 2.29. The molecule has 0 aliphatic rings. The van der Waals surface area contributed by atoms with Crippen molar-refractivity contribution in [3.05, 3.63) is 27.9 Å². The molecule has 1 unspecified atom stereocenters. The maximum atomic E-state index is 10.9. The smallest absolute Gasteiger partial charge is 0.305 e. The van der Waals surface area contributed by atoms with Crippen LogP contribution in [0.5, 0.6) is 0 Å². The highest BCUT2D eigenvalue weighted by atomic mass is 32.2. The molecule has 0 aliphatic carbocycles. The first-order chi connectivity index (χ1) is 6.16. The largest absolute Gasteiger partial charge is 0.312 e. The maximum absolute atomic E-state index is 10.9. The summed E-state index contributed by atoms with van der Waals surface area (Å²) >= 11 is -0.958. The summed E-state index contributed by atoms with van der Waals surface area (Å²) in [5.74, 6) is 0. The van der Waals surface area contributed by atoms with Gasteiger partial charge in [0.05, 0.1) is 15.1 Å². The van der Waals surface area contributed by atoms with Crippen molar-refractivity contribution in [3.63, 3.8) is 0 Å². The van der Waals surface area contributed by atoms with Gasteiger partial charge in [0.25, 0.3) is 0 Å². The molecule has 2 rings (SSSR count). The van der Waals surface area contributed by atoms with E-state index in [1.165, 1.54) is 12.1 Å². The number of hydrogen-bond donors (Lipinski definition) is 2. The van der Waals surface area contributed by atoms with Crippen LogP contribution in [0.2, 0.25) is 0 Å². The number of benzene rings is 1. The van der Waals surface area contributed by atoms with E-state index in [0.29, 0.717) is 15.1 Å². The lowest BCUT2D eigenvalue weighted by molar-refractivity contribution is 0.564. The van der Waals surface area contributed by atoms with Crippen LogP contribution in [-0.2, 0) is 11.1 Å². The molecule has 1 heterocycles. The van der Waals surface area contributed by atoms with E-state index in [9.17, 15) is 9.00 Å². The van der Waals surface area contributed by atoms with Crippen molar-refractivity contribution >= 4 is 32.6 Å². The normalized spacial score (nSPS) is 13.3. The van der Waals surface area contributed by atoms with Crippen molar-refractivity contribution in [1.82, 2.24) is 4.98 Å². The highest BCUT2D eigenvalue weighted by Crippen LogP contribution is 2.17. The number of thiazole rings is 1. The van der Waals surface area contributed by atoms with Crippen LogP contribution < -0.4 is 4.87 Å². The van der Waals surface area contributed by atoms with Crippen LogP contribution in [-0.4, -0.2) is 13.7 Å². The summed E-state index contributed by atoms with van der Waals surface area (Å²) in [6, 6.07) is 4.67. The van der Waals surface area contributed by atoms with E-state index < -0.39 is 11.1 Å². The summed E-state index contributed by atoms with van der Waals surface area (Å²) in [5, 5.41) is 0. The van der Waals surface area contributed by atoms with Gasteiger partial charge in [0.15, 0.2) is 11.1 Å². The van der Waals surface area contributed by atoms with Crippen molar-refractivity contribution in [2.24, 2.45) is 0 Å². The van der Waals surface area contributed by atoms with Gasteiger partial charge in [-0.15, -0.1) is 0 Å². The van der Waals surface area contributed by atoms with E-state index in [4.69, 9.17) is 4.55 Å². The molecule has 0 aliphatic heterocycles. The van der Waals surface area contributed by atoms with Crippen molar-refractivity contribution in [1.29, 1.82) is 0 Å². The van der Waals surface area contributed by atoms with Gasteiger partial charge in [-0.2, -0.15) is 0 Å². The topological polar surface area (TPSA) is 70.2 Å². The summed E-state index contributed by atoms with van der Waals surface area (Å²) in [4.78, 5) is 13.7. The fraction of sp³-hybridized carbons (Fsp3) is 0. The van der Waals surface area contributed by atoms with E-state index in [-0.39, 0.29) is 4.87 Å². The molecule has 1 aromatic heterocycles. The number of H-pyrrole nitrogens is 1. The third-order valence-corrected chi connectivity index (χ3v) is 3.10. The van der Waals surface area contributed by atoms with Crippen LogP contribution in [0.3, 0.4) is 0 Å². The van der Waals surface area contributed by atoms with Gasteiger partial charge in [-0.1, -0.05) is 11.3 Å². The molecule has 0 saturated carbocycles. The zero-order chi connectivity index (χ0) is 9.42. The van der Waals surface area contributed by atoms with Crippen LogP contribution in [0.1, 0.15) is 0 Å². The van der Waals surface area contributed by atoms with Crippen molar-refractivity contribution in [3.8, 4) is 0 Å². The Labute approximate surface area is 79.5 Å². The van der Waals surface area contributed by atoms with Gasteiger partial charge < -0.3 is 9.54 Å². The Balaban J connectivity index is 2.74. The van der Waals surface area contributed by atoms with Crippen molar-refractivity contribution in [2.45, 2.75) is 4.90 Å². The summed E-state index contributed by atoms with van der Waals surface area (Å²) in [6.45, 7) is 0. The number of fused-ring (bicyclic) bond motifs is 1. The Morgan fingerprint density at radius 2 is 2.23 bits per heavy atom. The van der Waals surface area contributed by atoms with Gasteiger partial charge in [-0.3, -0.25) is 4.79 Å². The molecule has 0 amide bonds. The van der Waals surface area contributed by atoms with Gasteiger partial charge in [0.1, 0.15) is 0 Å². The first-order valence-corrected chi connectivity index (χ1v) is 5.33. The van der Waals surface area contributed by atoms with Crippen LogP contribution in [0.15, 0.2) is 27.9 Å². The van der Waals surface area contributed by atoms with Crippen molar-refractivity contribution in [2.75, 3.05) is 0 Å². The molecule has 13 heavy (non-hydrogen) atoms. The van der Waals surface area contributed by atoms with Gasteiger partial charge in [-0.05, 0) is 18.2 Å². The Kier molecular flexibility index (Phi) is 2.03. The molecule has 68 valence electrons. The Hall–Kier alpha value is -0.980. The Morgan fingerprint density at radius 1 is 1.46 bits per heavy atom. The molecule has 1 aromatic carbocycles. The monoisotopic (exact) mass is 215 g/mol. The molecule has 2 aromatic rings.